The minimum atomic E-state index is 0.420. The third-order valence-electron chi connectivity index (χ3n) is 3.36. The van der Waals surface area contributed by atoms with Crippen LogP contribution in [0.25, 0.3) is 5.65 Å². The Hall–Kier alpha value is -2.40. The van der Waals surface area contributed by atoms with Gasteiger partial charge in [-0.1, -0.05) is 6.07 Å². The number of nitrogens with two attached hydrogens (primary N) is 1. The Morgan fingerprint density at radius 2 is 2.00 bits per heavy atom. The van der Waals surface area contributed by atoms with E-state index in [-0.39, 0.29) is 0 Å². The van der Waals surface area contributed by atoms with Crippen molar-refractivity contribution >= 4 is 17.2 Å². The molecule has 0 saturated heterocycles. The summed E-state index contributed by atoms with van der Waals surface area (Å²) in [5, 5.41) is 7.78. The Balaban J connectivity index is 1.91. The van der Waals surface area contributed by atoms with E-state index in [1.54, 1.807) is 4.52 Å². The van der Waals surface area contributed by atoms with E-state index in [0.29, 0.717) is 6.54 Å². The Labute approximate surface area is 117 Å². The van der Waals surface area contributed by atoms with E-state index in [9.17, 15) is 0 Å². The van der Waals surface area contributed by atoms with Gasteiger partial charge in [-0.15, -0.1) is 5.10 Å². The average Bonchev–Trinajstić information content (AvgIpc) is 2.85. The molecule has 0 saturated carbocycles. The summed E-state index contributed by atoms with van der Waals surface area (Å²) in [5.41, 5.74) is 10.8. The van der Waals surface area contributed by atoms with Crippen molar-refractivity contribution in [3.63, 3.8) is 0 Å². The van der Waals surface area contributed by atoms with E-state index in [0.717, 1.165) is 22.8 Å². The molecular formula is C15H17N5. The quantitative estimate of drug-likeness (QED) is 0.765. The first kappa shape index (κ1) is 12.6. The van der Waals surface area contributed by atoms with Crippen LogP contribution in [0.15, 0.2) is 36.5 Å². The predicted octanol–water partition coefficient (Wildman–Crippen LogP) is 2.55. The highest BCUT2D eigenvalue weighted by molar-refractivity contribution is 5.59. The number of aryl methyl sites for hydroxylation is 2. The molecule has 0 aliphatic carbocycles. The molecule has 102 valence electrons. The van der Waals surface area contributed by atoms with Gasteiger partial charge in [-0.25, -0.2) is 9.50 Å². The second kappa shape index (κ2) is 4.94. The molecule has 0 amide bonds. The zero-order valence-corrected chi connectivity index (χ0v) is 11.6. The summed E-state index contributed by atoms with van der Waals surface area (Å²) in [5.74, 6) is 0.779. The Kier molecular flexibility index (Phi) is 3.12. The summed E-state index contributed by atoms with van der Waals surface area (Å²) in [6, 6.07) is 10.1. The molecule has 0 aliphatic rings. The lowest BCUT2D eigenvalue weighted by Crippen LogP contribution is -1.98. The van der Waals surface area contributed by atoms with Crippen molar-refractivity contribution in [3.8, 4) is 0 Å². The van der Waals surface area contributed by atoms with Gasteiger partial charge in [0.25, 0.3) is 0 Å². The van der Waals surface area contributed by atoms with Gasteiger partial charge in [0, 0.05) is 12.2 Å². The highest BCUT2D eigenvalue weighted by atomic mass is 15.3. The third-order valence-corrected chi connectivity index (χ3v) is 3.36. The smallest absolute Gasteiger partial charge is 0.153 e. The molecule has 0 fully saturated rings. The van der Waals surface area contributed by atoms with Gasteiger partial charge in [-0.05, 0) is 49.2 Å². The molecule has 5 heteroatoms. The Morgan fingerprint density at radius 3 is 2.75 bits per heavy atom. The number of rotatable bonds is 3. The molecule has 5 nitrogen and oxygen atoms in total. The first-order valence-corrected chi connectivity index (χ1v) is 6.55. The summed E-state index contributed by atoms with van der Waals surface area (Å²) in [6.45, 7) is 4.62. The van der Waals surface area contributed by atoms with E-state index < -0.39 is 0 Å². The Morgan fingerprint density at radius 1 is 1.15 bits per heavy atom. The summed E-state index contributed by atoms with van der Waals surface area (Å²) >= 11 is 0. The number of aromatic nitrogens is 3. The van der Waals surface area contributed by atoms with Gasteiger partial charge < -0.3 is 11.1 Å². The van der Waals surface area contributed by atoms with Crippen LogP contribution in [0.4, 0.5) is 11.5 Å². The number of fused-ring (bicyclic) bond motifs is 1. The lowest BCUT2D eigenvalue weighted by molar-refractivity contribution is 0.934. The van der Waals surface area contributed by atoms with E-state index in [2.05, 4.69) is 41.4 Å². The fraction of sp³-hybridized carbons (Fsp3) is 0.200. The molecule has 2 heterocycles. The normalized spacial score (nSPS) is 10.9. The molecule has 20 heavy (non-hydrogen) atoms. The molecule has 3 rings (SSSR count). The van der Waals surface area contributed by atoms with Crippen molar-refractivity contribution in [2.75, 3.05) is 5.32 Å². The highest BCUT2D eigenvalue weighted by Gasteiger charge is 2.03. The number of nitrogens with one attached hydrogen (secondary N) is 1. The van der Waals surface area contributed by atoms with Gasteiger partial charge in [-0.2, -0.15) is 0 Å². The molecule has 0 bridgehead atoms. The van der Waals surface area contributed by atoms with Crippen molar-refractivity contribution < 1.29 is 0 Å². The molecule has 3 N–H and O–H groups in total. The van der Waals surface area contributed by atoms with Gasteiger partial charge >= 0.3 is 0 Å². The van der Waals surface area contributed by atoms with Crippen molar-refractivity contribution in [2.45, 2.75) is 20.4 Å². The topological polar surface area (TPSA) is 68.2 Å². The molecule has 0 aliphatic heterocycles. The van der Waals surface area contributed by atoms with Crippen molar-refractivity contribution in [3.05, 3.63) is 53.3 Å². The van der Waals surface area contributed by atoms with E-state index >= 15 is 0 Å². The fourth-order valence-electron chi connectivity index (χ4n) is 2.06. The van der Waals surface area contributed by atoms with Crippen molar-refractivity contribution in [2.24, 2.45) is 5.73 Å². The standard InChI is InChI=1S/C15H17N5/c1-10-3-4-12(7-11(10)2)17-14-5-6-15-18-13(8-16)9-20(15)19-14/h3-7,9H,8,16H2,1-2H3,(H,17,19). The number of anilines is 2. The minimum Gasteiger partial charge on any atom is -0.339 e. The van der Waals surface area contributed by atoms with Crippen LogP contribution in [-0.4, -0.2) is 14.6 Å². The van der Waals surface area contributed by atoms with Crippen LogP contribution >= 0.6 is 0 Å². The molecule has 2 aromatic heterocycles. The monoisotopic (exact) mass is 267 g/mol. The van der Waals surface area contributed by atoms with Crippen molar-refractivity contribution in [1.82, 2.24) is 14.6 Å². The second-order valence-corrected chi connectivity index (χ2v) is 4.88. The van der Waals surface area contributed by atoms with Gasteiger partial charge in [0.15, 0.2) is 11.5 Å². The first-order chi connectivity index (χ1) is 9.65. The van der Waals surface area contributed by atoms with Gasteiger partial charge in [0.1, 0.15) is 0 Å². The zero-order valence-electron chi connectivity index (χ0n) is 11.6. The average molecular weight is 267 g/mol. The summed E-state index contributed by atoms with van der Waals surface area (Å²) in [4.78, 5) is 4.35. The van der Waals surface area contributed by atoms with Crippen LogP contribution in [0, 0.1) is 13.8 Å². The summed E-state index contributed by atoms with van der Waals surface area (Å²) < 4.78 is 1.74. The van der Waals surface area contributed by atoms with Crippen LogP contribution in [0.2, 0.25) is 0 Å². The van der Waals surface area contributed by atoms with Gasteiger partial charge in [0.05, 0.1) is 11.9 Å². The second-order valence-electron chi connectivity index (χ2n) is 4.88. The van der Waals surface area contributed by atoms with Crippen LogP contribution < -0.4 is 11.1 Å². The summed E-state index contributed by atoms with van der Waals surface area (Å²) in [7, 11) is 0. The van der Waals surface area contributed by atoms with Crippen LogP contribution in [0.3, 0.4) is 0 Å². The molecule has 1 aromatic carbocycles. The number of imidazole rings is 1. The maximum Gasteiger partial charge on any atom is 0.153 e. The Bertz CT molecular complexity index is 760. The van der Waals surface area contributed by atoms with Crippen LogP contribution in [0.1, 0.15) is 16.8 Å². The molecule has 0 atom stereocenters. The molecule has 0 unspecified atom stereocenters. The number of hydrogen-bond acceptors (Lipinski definition) is 4. The number of hydrogen-bond donors (Lipinski definition) is 2. The largest absolute Gasteiger partial charge is 0.339 e. The lowest BCUT2D eigenvalue weighted by Gasteiger charge is -2.08. The first-order valence-electron chi connectivity index (χ1n) is 6.55. The fourth-order valence-corrected chi connectivity index (χ4v) is 2.06. The minimum absolute atomic E-state index is 0.420. The third kappa shape index (κ3) is 2.35. The van der Waals surface area contributed by atoms with E-state index in [1.807, 2.05) is 24.4 Å². The maximum atomic E-state index is 5.59. The SMILES string of the molecule is Cc1ccc(Nc2ccc3nc(CN)cn3n2)cc1C. The predicted molar refractivity (Wildman–Crippen MR) is 80.1 cm³/mol. The molecular weight excluding hydrogens is 250 g/mol. The molecule has 3 aromatic rings. The zero-order chi connectivity index (χ0) is 14.1. The highest BCUT2D eigenvalue weighted by Crippen LogP contribution is 2.18. The van der Waals surface area contributed by atoms with Crippen molar-refractivity contribution in [1.29, 1.82) is 0 Å². The number of benzene rings is 1. The van der Waals surface area contributed by atoms with E-state index in [4.69, 9.17) is 5.73 Å². The summed E-state index contributed by atoms with van der Waals surface area (Å²) in [6.07, 6.45) is 1.85. The van der Waals surface area contributed by atoms with Gasteiger partial charge in [0.2, 0.25) is 0 Å². The number of nitrogens with zero attached hydrogens (tertiary/aromatic N) is 3. The van der Waals surface area contributed by atoms with E-state index in [1.165, 1.54) is 11.1 Å². The van der Waals surface area contributed by atoms with Gasteiger partial charge in [-0.3, -0.25) is 0 Å². The molecule has 0 radical (unpaired) electrons. The van der Waals surface area contributed by atoms with Crippen LogP contribution in [0.5, 0.6) is 0 Å². The molecule has 0 spiro atoms. The maximum absolute atomic E-state index is 5.59. The van der Waals surface area contributed by atoms with Crippen LogP contribution in [-0.2, 0) is 6.54 Å². The lowest BCUT2D eigenvalue weighted by atomic mass is 10.1.